The highest BCUT2D eigenvalue weighted by molar-refractivity contribution is 9.10. The fraction of sp³-hybridized carbons (Fsp3) is 0.138. The second-order valence-electron chi connectivity index (χ2n) is 8.53. The number of carbonyl (C=O) groups is 2. The highest BCUT2D eigenvalue weighted by atomic mass is 79.9. The van der Waals surface area contributed by atoms with Crippen molar-refractivity contribution in [2.45, 2.75) is 25.5 Å². The second kappa shape index (κ2) is 13.5. The maximum absolute atomic E-state index is 13.1. The van der Waals surface area contributed by atoms with Gasteiger partial charge in [0, 0.05) is 21.5 Å². The maximum Gasteiger partial charge on any atom is 0.262 e. The summed E-state index contributed by atoms with van der Waals surface area (Å²) in [4.78, 5) is 26.0. The summed E-state index contributed by atoms with van der Waals surface area (Å²) >= 11 is 15.5. The molecular weight excluding hydrogens is 605 g/mol. The van der Waals surface area contributed by atoms with E-state index in [1.165, 1.54) is 12.3 Å². The van der Waals surface area contributed by atoms with E-state index >= 15 is 0 Å². The molecule has 2 atom stereocenters. The van der Waals surface area contributed by atoms with Crippen molar-refractivity contribution in [1.82, 2.24) is 10.7 Å². The molecule has 0 fully saturated rings. The van der Waals surface area contributed by atoms with Crippen molar-refractivity contribution in [3.63, 3.8) is 0 Å². The van der Waals surface area contributed by atoms with Crippen molar-refractivity contribution in [2.24, 2.45) is 5.10 Å². The number of nitrogens with one attached hydrogen (secondary N) is 2. The van der Waals surface area contributed by atoms with Crippen LogP contribution in [-0.2, 0) is 16.0 Å². The van der Waals surface area contributed by atoms with Crippen LogP contribution in [0, 0.1) is 0 Å². The summed E-state index contributed by atoms with van der Waals surface area (Å²) in [6.07, 6.45) is 0.714. The van der Waals surface area contributed by atoms with Gasteiger partial charge in [-0.25, -0.2) is 5.43 Å². The average Bonchev–Trinajstić information content (AvgIpc) is 3.39. The zero-order valence-electron chi connectivity index (χ0n) is 20.7. The Balaban J connectivity index is 1.41. The van der Waals surface area contributed by atoms with Crippen molar-refractivity contribution in [3.8, 4) is 17.1 Å². The summed E-state index contributed by atoms with van der Waals surface area (Å²) in [7, 11) is 0. The number of rotatable bonds is 10. The Labute approximate surface area is 244 Å². The molecule has 0 unspecified atom stereocenters. The second-order valence-corrected chi connectivity index (χ2v) is 10.3. The molecule has 0 saturated carbocycles. The number of hydrazone groups is 1. The number of furan rings is 1. The standard InChI is InChI=1S/C29H24BrCl2N3O4/c1-18(38-27-13-11-22(31)16-24(27)32)28(36)34-25(15-19-5-3-2-4-6-19)29(37)35-33-17-23-12-14-26(39-23)20-7-9-21(30)10-8-20/h2-14,16-18,25H,15H2,1H3,(H,34,36)(H,35,37)/b33-17-/t18-,25-/m1/s1. The first-order chi connectivity index (χ1) is 18.8. The first-order valence-corrected chi connectivity index (χ1v) is 13.5. The molecule has 1 heterocycles. The molecule has 2 N–H and O–H groups in total. The molecule has 0 aliphatic carbocycles. The molecule has 2 amide bonds. The Bertz CT molecular complexity index is 1460. The molecule has 0 aliphatic heterocycles. The Morgan fingerprint density at radius 3 is 2.46 bits per heavy atom. The fourth-order valence-corrected chi connectivity index (χ4v) is 4.31. The van der Waals surface area contributed by atoms with Gasteiger partial charge >= 0.3 is 0 Å². The van der Waals surface area contributed by atoms with Gasteiger partial charge in [-0.2, -0.15) is 5.10 Å². The summed E-state index contributed by atoms with van der Waals surface area (Å²) < 4.78 is 12.5. The van der Waals surface area contributed by atoms with Crippen molar-refractivity contribution < 1.29 is 18.7 Å². The van der Waals surface area contributed by atoms with E-state index in [-0.39, 0.29) is 11.4 Å². The predicted octanol–water partition coefficient (Wildman–Crippen LogP) is 6.66. The maximum atomic E-state index is 13.1. The van der Waals surface area contributed by atoms with E-state index in [1.54, 1.807) is 25.1 Å². The first-order valence-electron chi connectivity index (χ1n) is 11.9. The van der Waals surface area contributed by atoms with Crippen LogP contribution in [0.25, 0.3) is 11.3 Å². The summed E-state index contributed by atoms with van der Waals surface area (Å²) in [5, 5.41) is 7.50. The lowest BCUT2D eigenvalue weighted by atomic mass is 10.1. The lowest BCUT2D eigenvalue weighted by Crippen LogP contribution is -2.50. The average molecular weight is 629 g/mol. The molecule has 4 aromatic rings. The molecule has 0 radical (unpaired) electrons. The minimum absolute atomic E-state index is 0.247. The molecule has 0 bridgehead atoms. The summed E-state index contributed by atoms with van der Waals surface area (Å²) in [5.41, 5.74) is 4.26. The third-order valence-electron chi connectivity index (χ3n) is 5.60. The first kappa shape index (κ1) is 28.4. The quantitative estimate of drug-likeness (QED) is 0.152. The van der Waals surface area contributed by atoms with E-state index in [1.807, 2.05) is 60.7 Å². The van der Waals surface area contributed by atoms with Gasteiger partial charge in [0.15, 0.2) is 6.10 Å². The largest absolute Gasteiger partial charge is 0.479 e. The number of ether oxygens (including phenoxy) is 1. The third-order valence-corrected chi connectivity index (χ3v) is 6.66. The third kappa shape index (κ3) is 8.20. The smallest absolute Gasteiger partial charge is 0.262 e. The number of benzene rings is 3. The molecule has 1 aromatic heterocycles. The lowest BCUT2D eigenvalue weighted by molar-refractivity contribution is -0.132. The summed E-state index contributed by atoms with van der Waals surface area (Å²) in [6, 6.07) is 24.4. The highest BCUT2D eigenvalue weighted by Crippen LogP contribution is 2.28. The van der Waals surface area contributed by atoms with Gasteiger partial charge < -0.3 is 14.5 Å². The molecule has 0 aliphatic rings. The Morgan fingerprint density at radius 1 is 1.00 bits per heavy atom. The van der Waals surface area contributed by atoms with Gasteiger partial charge in [0.2, 0.25) is 0 Å². The SMILES string of the molecule is C[C@@H](Oc1ccc(Cl)cc1Cl)C(=O)N[C@H](Cc1ccccc1)C(=O)N/N=C\c1ccc(-c2ccc(Br)cc2)o1. The molecule has 7 nitrogen and oxygen atoms in total. The van der Waals surface area contributed by atoms with Crippen molar-refractivity contribution in [2.75, 3.05) is 0 Å². The summed E-state index contributed by atoms with van der Waals surface area (Å²) in [5.74, 6) is 0.433. The zero-order chi connectivity index (χ0) is 27.8. The van der Waals surface area contributed by atoms with Gasteiger partial charge in [-0.15, -0.1) is 0 Å². The number of hydrogen-bond acceptors (Lipinski definition) is 5. The van der Waals surface area contributed by atoms with Crippen LogP contribution in [0.15, 0.2) is 98.9 Å². The normalized spacial score (nSPS) is 12.6. The van der Waals surface area contributed by atoms with E-state index in [4.69, 9.17) is 32.4 Å². The molecule has 200 valence electrons. The minimum Gasteiger partial charge on any atom is -0.479 e. The zero-order valence-corrected chi connectivity index (χ0v) is 23.8. The number of halogens is 3. The molecule has 3 aromatic carbocycles. The van der Waals surface area contributed by atoms with E-state index in [2.05, 4.69) is 31.8 Å². The van der Waals surface area contributed by atoms with Crippen LogP contribution in [0.1, 0.15) is 18.2 Å². The Morgan fingerprint density at radius 2 is 1.74 bits per heavy atom. The number of amides is 2. The molecule has 4 rings (SSSR count). The topological polar surface area (TPSA) is 92.9 Å². The van der Waals surface area contributed by atoms with Crippen molar-refractivity contribution >= 4 is 57.2 Å². The van der Waals surface area contributed by atoms with Gasteiger partial charge in [-0.1, -0.05) is 81.6 Å². The lowest BCUT2D eigenvalue weighted by Gasteiger charge is -2.21. The van der Waals surface area contributed by atoms with Crippen LogP contribution in [-0.4, -0.2) is 30.2 Å². The van der Waals surface area contributed by atoms with Crippen LogP contribution in [0.4, 0.5) is 0 Å². The molecule has 0 saturated heterocycles. The van der Waals surface area contributed by atoms with Crippen LogP contribution in [0.5, 0.6) is 5.75 Å². The van der Waals surface area contributed by atoms with Gasteiger partial charge in [-0.3, -0.25) is 9.59 Å². The Kier molecular flexibility index (Phi) is 9.81. The van der Waals surface area contributed by atoms with Crippen LogP contribution >= 0.6 is 39.1 Å². The monoisotopic (exact) mass is 627 g/mol. The van der Waals surface area contributed by atoms with E-state index in [9.17, 15) is 9.59 Å². The van der Waals surface area contributed by atoms with Gasteiger partial charge in [0.25, 0.3) is 11.8 Å². The molecular formula is C29H24BrCl2N3O4. The van der Waals surface area contributed by atoms with E-state index < -0.39 is 24.0 Å². The predicted molar refractivity (Wildman–Crippen MR) is 156 cm³/mol. The fourth-order valence-electron chi connectivity index (χ4n) is 3.59. The van der Waals surface area contributed by atoms with Crippen molar-refractivity contribution in [3.05, 3.63) is 111 Å². The Hall–Kier alpha value is -3.59. The summed E-state index contributed by atoms with van der Waals surface area (Å²) in [6.45, 7) is 1.57. The van der Waals surface area contributed by atoms with Gasteiger partial charge in [-0.05, 0) is 55.0 Å². The number of nitrogens with zero attached hydrogens (tertiary/aromatic N) is 1. The van der Waals surface area contributed by atoms with Crippen molar-refractivity contribution in [1.29, 1.82) is 0 Å². The number of hydrogen-bond donors (Lipinski definition) is 2. The van der Waals surface area contributed by atoms with Crippen LogP contribution in [0.2, 0.25) is 10.0 Å². The molecule has 10 heteroatoms. The van der Waals surface area contributed by atoms with Gasteiger partial charge in [0.1, 0.15) is 23.3 Å². The van der Waals surface area contributed by atoms with Crippen LogP contribution < -0.4 is 15.5 Å². The molecule has 0 spiro atoms. The highest BCUT2D eigenvalue weighted by Gasteiger charge is 2.25. The van der Waals surface area contributed by atoms with Crippen LogP contribution in [0.3, 0.4) is 0 Å². The van der Waals surface area contributed by atoms with E-state index in [0.717, 1.165) is 15.6 Å². The minimum atomic E-state index is -0.932. The van der Waals surface area contributed by atoms with E-state index in [0.29, 0.717) is 22.3 Å². The van der Waals surface area contributed by atoms with Gasteiger partial charge in [0.05, 0.1) is 11.2 Å². The number of carbonyl (C=O) groups excluding carboxylic acids is 2. The molecule has 39 heavy (non-hydrogen) atoms.